The van der Waals surface area contributed by atoms with E-state index in [1.807, 2.05) is 59.5 Å². The second-order valence-corrected chi connectivity index (χ2v) is 19.1. The number of nitrogens with zero attached hydrogens (tertiary/aromatic N) is 1. The van der Waals surface area contributed by atoms with Crippen molar-refractivity contribution < 1.29 is 24.2 Å². The average Bonchev–Trinajstić information content (AvgIpc) is 3.48. The van der Waals surface area contributed by atoms with Gasteiger partial charge in [-0.25, -0.2) is 0 Å². The summed E-state index contributed by atoms with van der Waals surface area (Å²) in [6.45, 7) is 8.80. The first kappa shape index (κ1) is 32.9. The Balaban J connectivity index is 1.33. The van der Waals surface area contributed by atoms with Crippen LogP contribution in [0.15, 0.2) is 71.2 Å². The molecule has 1 spiro atoms. The molecule has 0 aliphatic carbocycles. The number of carbonyl (C=O) groups excluding carboxylic acids is 2. The van der Waals surface area contributed by atoms with Crippen LogP contribution in [0.25, 0.3) is 0 Å². The Hall–Kier alpha value is -3.02. The van der Waals surface area contributed by atoms with Gasteiger partial charge < -0.3 is 30.1 Å². The van der Waals surface area contributed by atoms with Crippen molar-refractivity contribution in [2.24, 2.45) is 11.8 Å². The van der Waals surface area contributed by atoms with E-state index in [0.717, 1.165) is 52.1 Å². The molecule has 2 amide bonds. The first-order chi connectivity index (χ1) is 22.1. The number of rotatable bonds is 9. The van der Waals surface area contributed by atoms with E-state index in [4.69, 9.17) is 9.47 Å². The van der Waals surface area contributed by atoms with Crippen LogP contribution in [0.2, 0.25) is 18.6 Å². The lowest BCUT2D eigenvalue weighted by molar-refractivity contribution is -0.146. The molecule has 2 fully saturated rings. The van der Waals surface area contributed by atoms with Crippen LogP contribution in [0, 0.1) is 11.8 Å². The van der Waals surface area contributed by atoms with Gasteiger partial charge in [0.1, 0.15) is 5.75 Å². The molecule has 3 aromatic carbocycles. The fourth-order valence-corrected chi connectivity index (χ4v) is 12.5. The van der Waals surface area contributed by atoms with Crippen molar-refractivity contribution in [1.29, 1.82) is 0 Å². The Morgan fingerprint density at radius 3 is 2.65 bits per heavy atom. The summed E-state index contributed by atoms with van der Waals surface area (Å²) >= 11 is 3.66. The number of nitrogens with one attached hydrogen (secondary N) is 2. The fourth-order valence-electron chi connectivity index (χ4n) is 8.09. The number of fused-ring (bicyclic) bond motifs is 2. The van der Waals surface area contributed by atoms with Crippen molar-refractivity contribution in [2.75, 3.05) is 37.0 Å². The van der Waals surface area contributed by atoms with Crippen molar-refractivity contribution in [2.45, 2.75) is 63.1 Å². The predicted octanol–water partition coefficient (Wildman–Crippen LogP) is 5.54. The number of piperidine rings is 1. The largest absolute Gasteiger partial charge is 0.497 e. The number of hydrogen-bond acceptors (Lipinski definition) is 6. The monoisotopic (exact) mass is 705 g/mol. The summed E-state index contributed by atoms with van der Waals surface area (Å²) in [5.74, 6) is 0.555. The topological polar surface area (TPSA) is 100 Å². The molecule has 3 aliphatic heterocycles. The number of halogens is 1. The first-order valence-electron chi connectivity index (χ1n) is 16.3. The molecule has 0 saturated carbocycles. The van der Waals surface area contributed by atoms with E-state index in [-0.39, 0.29) is 41.9 Å². The molecule has 3 N–H and O–H groups in total. The molecule has 6 rings (SSSR count). The lowest BCUT2D eigenvalue weighted by Gasteiger charge is -2.37. The minimum Gasteiger partial charge on any atom is -0.497 e. The zero-order chi connectivity index (χ0) is 32.6. The van der Waals surface area contributed by atoms with Crippen LogP contribution in [-0.4, -0.2) is 57.9 Å². The highest BCUT2D eigenvalue weighted by atomic mass is 79.9. The maximum absolute atomic E-state index is 14.9. The molecule has 46 heavy (non-hydrogen) atoms. The lowest BCUT2D eigenvalue weighted by Crippen LogP contribution is -2.51. The molecule has 1 unspecified atom stereocenters. The van der Waals surface area contributed by atoms with Crippen LogP contribution < -0.4 is 25.5 Å². The van der Waals surface area contributed by atoms with Crippen molar-refractivity contribution in [1.82, 2.24) is 5.32 Å². The minimum absolute atomic E-state index is 0.0181. The zero-order valence-electron chi connectivity index (χ0n) is 27.0. The van der Waals surface area contributed by atoms with Gasteiger partial charge in [0.2, 0.25) is 5.91 Å². The Morgan fingerprint density at radius 2 is 1.96 bits per heavy atom. The van der Waals surface area contributed by atoms with Gasteiger partial charge >= 0.3 is 0 Å². The molecule has 244 valence electrons. The summed E-state index contributed by atoms with van der Waals surface area (Å²) in [5.41, 5.74) is 2.22. The van der Waals surface area contributed by atoms with E-state index >= 15 is 0 Å². The van der Waals surface area contributed by atoms with Crippen LogP contribution in [-0.2, 0) is 26.5 Å². The maximum Gasteiger partial charge on any atom is 0.264 e. The van der Waals surface area contributed by atoms with E-state index in [2.05, 4.69) is 58.7 Å². The molecule has 0 radical (unpaired) electrons. The van der Waals surface area contributed by atoms with E-state index in [9.17, 15) is 14.7 Å². The van der Waals surface area contributed by atoms with Gasteiger partial charge in [0.15, 0.2) is 5.60 Å². The highest BCUT2D eigenvalue weighted by molar-refractivity contribution is 9.10. The van der Waals surface area contributed by atoms with Crippen LogP contribution in [0.4, 0.5) is 11.4 Å². The van der Waals surface area contributed by atoms with Gasteiger partial charge in [-0.3, -0.25) is 9.59 Å². The summed E-state index contributed by atoms with van der Waals surface area (Å²) in [4.78, 5) is 29.7. The van der Waals surface area contributed by atoms with Gasteiger partial charge in [-0.15, -0.1) is 0 Å². The van der Waals surface area contributed by atoms with Crippen LogP contribution in [0.3, 0.4) is 0 Å². The van der Waals surface area contributed by atoms with Gasteiger partial charge in [-0.05, 0) is 79.4 Å². The van der Waals surface area contributed by atoms with Crippen LogP contribution in [0.1, 0.15) is 37.3 Å². The number of methoxy groups -OCH3 is 1. The third-order valence-corrected chi connectivity index (χ3v) is 15.3. The summed E-state index contributed by atoms with van der Waals surface area (Å²) in [6, 6.07) is 22.0. The molecule has 10 heteroatoms. The Bertz CT molecular complexity index is 1590. The van der Waals surface area contributed by atoms with Crippen molar-refractivity contribution >= 4 is 52.4 Å². The van der Waals surface area contributed by atoms with Gasteiger partial charge in [0.05, 0.1) is 39.4 Å². The second-order valence-electron chi connectivity index (χ2n) is 13.5. The highest BCUT2D eigenvalue weighted by Gasteiger charge is 2.66. The minimum atomic E-state index is -2.26. The fraction of sp³-hybridized carbons (Fsp3) is 0.444. The van der Waals surface area contributed by atoms with Gasteiger partial charge in [-0.1, -0.05) is 65.4 Å². The smallest absolute Gasteiger partial charge is 0.264 e. The molecule has 3 heterocycles. The molecule has 8 nitrogen and oxygen atoms in total. The summed E-state index contributed by atoms with van der Waals surface area (Å²) in [5, 5.41) is 17.8. The number of aliphatic hydroxyl groups is 1. The van der Waals surface area contributed by atoms with Crippen molar-refractivity contribution in [3.8, 4) is 5.75 Å². The molecule has 3 aromatic rings. The van der Waals surface area contributed by atoms with Gasteiger partial charge in [-0.2, -0.15) is 0 Å². The van der Waals surface area contributed by atoms with E-state index in [1.165, 1.54) is 5.19 Å². The molecule has 2 saturated heterocycles. The number of amides is 2. The molecule has 5 atom stereocenters. The van der Waals surface area contributed by atoms with Crippen LogP contribution in [0.5, 0.6) is 5.75 Å². The standard InChI is InChI=1S/C36H44BrN3O5Si/c1-23-33(46(3,4)29-13-11-28(44-2)12-14-29)32(16-18-41)45-36(23)30-20-26(37)10-15-31(30)40(35(36)43)22-24-7-5-9-27(19-24)39-34(42)25-8-6-17-38-21-25/h5,7,9-15,19-20,23,25,32-33,38,41H,6,8,16-18,21-22H2,1-4H3,(H,39,42)/t23-,25?,32+,33-,36+/m0/s1. The number of anilines is 2. The molecular weight excluding hydrogens is 662 g/mol. The quantitative estimate of drug-likeness (QED) is 0.253. The van der Waals surface area contributed by atoms with E-state index in [1.54, 1.807) is 7.11 Å². The third kappa shape index (κ3) is 5.83. The average molecular weight is 707 g/mol. The first-order valence-corrected chi connectivity index (χ1v) is 20.1. The number of hydrogen-bond donors (Lipinski definition) is 3. The SMILES string of the molecule is COc1ccc([Si](C)(C)[C@@H]2[C@@H](CCO)O[C@]3(C(=O)N(Cc4cccc(NC(=O)C5CCCNC5)c4)c4ccc(Br)cc43)[C@H]2C)cc1. The van der Waals surface area contributed by atoms with Gasteiger partial charge in [0.25, 0.3) is 5.91 Å². The highest BCUT2D eigenvalue weighted by Crippen LogP contribution is 2.60. The number of aliphatic hydroxyl groups excluding tert-OH is 1. The normalized spacial score (nSPS) is 26.0. The number of ether oxygens (including phenoxy) is 2. The number of carbonyl (C=O) groups is 2. The zero-order valence-corrected chi connectivity index (χ0v) is 29.6. The van der Waals surface area contributed by atoms with Crippen molar-refractivity contribution in [3.63, 3.8) is 0 Å². The third-order valence-electron chi connectivity index (χ3n) is 10.4. The predicted molar refractivity (Wildman–Crippen MR) is 187 cm³/mol. The second kappa shape index (κ2) is 13.2. The van der Waals surface area contributed by atoms with Crippen molar-refractivity contribution in [3.05, 3.63) is 82.3 Å². The maximum atomic E-state index is 14.9. The summed E-state index contributed by atoms with van der Waals surface area (Å²) < 4.78 is 13.3. The Kier molecular flexibility index (Phi) is 9.47. The Morgan fingerprint density at radius 1 is 1.17 bits per heavy atom. The van der Waals surface area contributed by atoms with E-state index in [0.29, 0.717) is 19.5 Å². The van der Waals surface area contributed by atoms with Crippen LogP contribution >= 0.6 is 15.9 Å². The van der Waals surface area contributed by atoms with E-state index < -0.39 is 13.7 Å². The summed E-state index contributed by atoms with van der Waals surface area (Å²) in [7, 11) is -0.589. The lowest BCUT2D eigenvalue weighted by atomic mass is 9.82. The Labute approximate surface area is 281 Å². The number of benzene rings is 3. The molecule has 0 bridgehead atoms. The molecule has 0 aromatic heterocycles. The van der Waals surface area contributed by atoms with Gasteiger partial charge in [0, 0.05) is 34.8 Å². The molecular formula is C36H44BrN3O5Si. The summed E-state index contributed by atoms with van der Waals surface area (Å²) in [6.07, 6.45) is 2.04. The molecule has 3 aliphatic rings.